The molecule has 0 atom stereocenters. The van der Waals surface area contributed by atoms with Gasteiger partial charge in [-0.15, -0.1) is 0 Å². The lowest BCUT2D eigenvalue weighted by atomic mass is 10.1. The van der Waals surface area contributed by atoms with Crippen LogP contribution in [0.2, 0.25) is 0 Å². The summed E-state index contributed by atoms with van der Waals surface area (Å²) in [7, 11) is 1.57. The highest BCUT2D eigenvalue weighted by Crippen LogP contribution is 2.29. The van der Waals surface area contributed by atoms with Crippen LogP contribution in [0.15, 0.2) is 23.8 Å². The number of nitrogens with zero attached hydrogens (tertiary/aromatic N) is 1. The molecule has 0 aromatic heterocycles. The number of hydrogen-bond acceptors (Lipinski definition) is 5. The van der Waals surface area contributed by atoms with E-state index in [9.17, 15) is 4.79 Å². The van der Waals surface area contributed by atoms with Gasteiger partial charge in [0.1, 0.15) is 11.6 Å². The van der Waals surface area contributed by atoms with Gasteiger partial charge >= 0.3 is 5.97 Å². The molecule has 0 saturated carbocycles. The predicted octanol–water partition coefficient (Wildman–Crippen LogP) is 3.73. The number of carbonyl (C=O) groups is 1. The first-order valence-electron chi connectivity index (χ1n) is 7.65. The summed E-state index contributed by atoms with van der Waals surface area (Å²) in [5.74, 6) is 0.567. The molecule has 0 spiro atoms. The molecule has 23 heavy (non-hydrogen) atoms. The van der Waals surface area contributed by atoms with Crippen molar-refractivity contribution in [2.24, 2.45) is 0 Å². The van der Waals surface area contributed by atoms with E-state index in [2.05, 4.69) is 6.92 Å². The molecule has 0 amide bonds. The number of nitriles is 1. The molecule has 0 unspecified atom stereocenters. The Morgan fingerprint density at radius 3 is 2.65 bits per heavy atom. The first kappa shape index (κ1) is 18.6. The van der Waals surface area contributed by atoms with E-state index in [0.717, 1.165) is 12.8 Å². The average molecular weight is 317 g/mol. The van der Waals surface area contributed by atoms with Crippen molar-refractivity contribution in [2.75, 3.05) is 13.7 Å². The third-order valence-corrected chi connectivity index (χ3v) is 2.94. The van der Waals surface area contributed by atoms with Gasteiger partial charge < -0.3 is 14.2 Å². The van der Waals surface area contributed by atoms with Gasteiger partial charge in [0.15, 0.2) is 11.5 Å². The van der Waals surface area contributed by atoms with Gasteiger partial charge in [0, 0.05) is 0 Å². The highest BCUT2D eigenvalue weighted by Gasteiger charge is 2.13. The fourth-order valence-corrected chi connectivity index (χ4v) is 1.80. The van der Waals surface area contributed by atoms with E-state index in [1.165, 1.54) is 6.08 Å². The molecule has 1 rings (SSSR count). The minimum absolute atomic E-state index is 0.0524. The Labute approximate surface area is 137 Å². The van der Waals surface area contributed by atoms with Crippen molar-refractivity contribution < 1.29 is 19.0 Å². The summed E-state index contributed by atoms with van der Waals surface area (Å²) in [5.41, 5.74) is 0.623. The zero-order valence-corrected chi connectivity index (χ0v) is 14.1. The molecule has 5 nitrogen and oxygen atoms in total. The fourth-order valence-electron chi connectivity index (χ4n) is 1.80. The molecule has 0 aliphatic heterocycles. The smallest absolute Gasteiger partial charge is 0.349 e. The standard InChI is InChI=1S/C18H23NO4/c1-5-6-9-22-17-11-14(7-8-16(17)21-4)10-15(12-19)18(20)23-13(2)3/h7-8,10-11,13H,5-6,9H2,1-4H3. The van der Waals surface area contributed by atoms with Crippen molar-refractivity contribution in [2.45, 2.75) is 39.7 Å². The largest absolute Gasteiger partial charge is 0.493 e. The molecule has 0 saturated heterocycles. The Kier molecular flexibility index (Phi) is 7.69. The third-order valence-electron chi connectivity index (χ3n) is 2.94. The van der Waals surface area contributed by atoms with E-state index in [0.29, 0.717) is 23.7 Å². The van der Waals surface area contributed by atoms with Gasteiger partial charge in [-0.05, 0) is 44.0 Å². The maximum Gasteiger partial charge on any atom is 0.349 e. The number of methoxy groups -OCH3 is 1. The summed E-state index contributed by atoms with van der Waals surface area (Å²) in [6.07, 6.45) is 3.18. The number of benzene rings is 1. The summed E-state index contributed by atoms with van der Waals surface area (Å²) in [6, 6.07) is 7.12. The zero-order chi connectivity index (χ0) is 17.2. The van der Waals surface area contributed by atoms with Crippen LogP contribution in [0.5, 0.6) is 11.5 Å². The van der Waals surface area contributed by atoms with Crippen LogP contribution in [0, 0.1) is 11.3 Å². The number of rotatable bonds is 8. The molecule has 0 heterocycles. The van der Waals surface area contributed by atoms with Crippen molar-refractivity contribution in [3.8, 4) is 17.6 Å². The lowest BCUT2D eigenvalue weighted by Gasteiger charge is -2.11. The predicted molar refractivity (Wildman–Crippen MR) is 88.2 cm³/mol. The molecule has 5 heteroatoms. The van der Waals surface area contributed by atoms with Crippen LogP contribution in [-0.4, -0.2) is 25.8 Å². The molecule has 0 radical (unpaired) electrons. The topological polar surface area (TPSA) is 68.5 Å². The van der Waals surface area contributed by atoms with Gasteiger partial charge in [-0.25, -0.2) is 4.79 Å². The molecule has 0 aliphatic rings. The lowest BCUT2D eigenvalue weighted by molar-refractivity contribution is -0.142. The third kappa shape index (κ3) is 6.03. The first-order valence-corrected chi connectivity index (χ1v) is 7.65. The van der Waals surface area contributed by atoms with E-state index in [1.54, 1.807) is 39.2 Å². The van der Waals surface area contributed by atoms with Gasteiger partial charge in [0.05, 0.1) is 19.8 Å². The summed E-state index contributed by atoms with van der Waals surface area (Å²) < 4.78 is 16.0. The number of esters is 1. The molecule has 0 N–H and O–H groups in total. The highest BCUT2D eigenvalue weighted by molar-refractivity contribution is 5.98. The average Bonchev–Trinajstić information content (AvgIpc) is 2.52. The van der Waals surface area contributed by atoms with Crippen molar-refractivity contribution in [3.63, 3.8) is 0 Å². The summed E-state index contributed by atoms with van der Waals surface area (Å²) in [6.45, 7) is 6.14. The van der Waals surface area contributed by atoms with Crippen molar-refractivity contribution >= 4 is 12.0 Å². The molecule has 0 aliphatic carbocycles. The van der Waals surface area contributed by atoms with E-state index >= 15 is 0 Å². The molecule has 124 valence electrons. The Hall–Kier alpha value is -2.48. The molecule has 1 aromatic rings. The summed E-state index contributed by atoms with van der Waals surface area (Å²) in [5, 5.41) is 9.14. The van der Waals surface area contributed by atoms with E-state index in [1.807, 2.05) is 6.07 Å². The van der Waals surface area contributed by atoms with Gasteiger partial charge in [0.25, 0.3) is 0 Å². The van der Waals surface area contributed by atoms with E-state index < -0.39 is 5.97 Å². The Bertz CT molecular complexity index is 600. The van der Waals surface area contributed by atoms with E-state index in [-0.39, 0.29) is 11.7 Å². The molecular formula is C18H23NO4. The van der Waals surface area contributed by atoms with Crippen LogP contribution in [0.3, 0.4) is 0 Å². The highest BCUT2D eigenvalue weighted by atomic mass is 16.5. The van der Waals surface area contributed by atoms with Crippen LogP contribution in [0.25, 0.3) is 6.08 Å². The van der Waals surface area contributed by atoms with E-state index in [4.69, 9.17) is 19.5 Å². The number of unbranched alkanes of at least 4 members (excludes halogenated alkanes) is 1. The molecular weight excluding hydrogens is 294 g/mol. The second-order valence-corrected chi connectivity index (χ2v) is 5.24. The SMILES string of the molecule is CCCCOc1cc(C=C(C#N)C(=O)OC(C)C)ccc1OC. The number of ether oxygens (including phenoxy) is 3. The quantitative estimate of drug-likeness (QED) is 0.316. The minimum atomic E-state index is -0.633. The van der Waals surface area contributed by atoms with Crippen LogP contribution in [0.4, 0.5) is 0 Å². The Morgan fingerprint density at radius 2 is 2.09 bits per heavy atom. The normalized spacial score (nSPS) is 11.0. The van der Waals surface area contributed by atoms with Crippen molar-refractivity contribution in [1.82, 2.24) is 0 Å². The van der Waals surface area contributed by atoms with Gasteiger partial charge in [-0.1, -0.05) is 19.4 Å². The summed E-state index contributed by atoms with van der Waals surface area (Å²) >= 11 is 0. The summed E-state index contributed by atoms with van der Waals surface area (Å²) in [4.78, 5) is 11.8. The van der Waals surface area contributed by atoms with Crippen LogP contribution < -0.4 is 9.47 Å². The number of hydrogen-bond donors (Lipinski definition) is 0. The molecule has 0 bridgehead atoms. The van der Waals surface area contributed by atoms with Crippen LogP contribution in [0.1, 0.15) is 39.2 Å². The van der Waals surface area contributed by atoms with Gasteiger partial charge in [0.2, 0.25) is 0 Å². The van der Waals surface area contributed by atoms with Crippen molar-refractivity contribution in [1.29, 1.82) is 5.26 Å². The first-order chi connectivity index (χ1) is 11.0. The lowest BCUT2D eigenvalue weighted by Crippen LogP contribution is -2.12. The second kappa shape index (κ2) is 9.52. The zero-order valence-electron chi connectivity index (χ0n) is 14.1. The Morgan fingerprint density at radius 1 is 1.35 bits per heavy atom. The van der Waals surface area contributed by atoms with Crippen molar-refractivity contribution in [3.05, 3.63) is 29.3 Å². The number of carbonyl (C=O) groups excluding carboxylic acids is 1. The van der Waals surface area contributed by atoms with Gasteiger partial charge in [-0.3, -0.25) is 0 Å². The minimum Gasteiger partial charge on any atom is -0.493 e. The Balaban J connectivity index is 3.02. The fraction of sp³-hybridized carbons (Fsp3) is 0.444. The van der Waals surface area contributed by atoms with Crippen LogP contribution >= 0.6 is 0 Å². The molecule has 1 aromatic carbocycles. The van der Waals surface area contributed by atoms with Gasteiger partial charge in [-0.2, -0.15) is 5.26 Å². The monoisotopic (exact) mass is 317 g/mol. The van der Waals surface area contributed by atoms with Crippen LogP contribution in [-0.2, 0) is 9.53 Å². The molecule has 0 fully saturated rings. The maximum absolute atomic E-state index is 11.8. The second-order valence-electron chi connectivity index (χ2n) is 5.24. The maximum atomic E-state index is 11.8.